The molecule has 0 heterocycles. The van der Waals surface area contributed by atoms with Gasteiger partial charge in [0, 0.05) is 0 Å². The van der Waals surface area contributed by atoms with E-state index in [0.717, 1.165) is 12.3 Å². The molecule has 0 amide bonds. The van der Waals surface area contributed by atoms with Gasteiger partial charge in [0.1, 0.15) is 0 Å². The molecule has 2 heteroatoms. The third kappa shape index (κ3) is 1.31. The quantitative estimate of drug-likeness (QED) is 0.549. The van der Waals surface area contributed by atoms with Gasteiger partial charge in [-0.3, -0.25) is 0 Å². The van der Waals surface area contributed by atoms with Crippen LogP contribution < -0.4 is 0 Å². The molecule has 3 atom stereocenters. The van der Waals surface area contributed by atoms with Crippen LogP contribution in [0.4, 0.5) is 8.78 Å². The average molecular weight is 158 g/mol. The molecule has 0 saturated heterocycles. The molecule has 0 nitrogen and oxygen atoms in total. The van der Waals surface area contributed by atoms with Crippen LogP contribution in [0.1, 0.15) is 25.7 Å². The van der Waals surface area contributed by atoms with Gasteiger partial charge in [-0.2, -0.15) is 8.78 Å². The van der Waals surface area contributed by atoms with Gasteiger partial charge in [0.05, 0.1) is 0 Å². The zero-order valence-corrected chi connectivity index (χ0v) is 6.39. The summed E-state index contributed by atoms with van der Waals surface area (Å²) in [7, 11) is 0. The molecule has 0 N–H and O–H groups in total. The highest BCUT2D eigenvalue weighted by Crippen LogP contribution is 2.49. The molecule has 0 aromatic heterocycles. The molecule has 2 fully saturated rings. The van der Waals surface area contributed by atoms with Gasteiger partial charge in [-0.05, 0) is 43.1 Å². The summed E-state index contributed by atoms with van der Waals surface area (Å²) in [5.41, 5.74) is 0. The van der Waals surface area contributed by atoms with E-state index >= 15 is 0 Å². The van der Waals surface area contributed by atoms with Gasteiger partial charge in [-0.1, -0.05) is 6.42 Å². The molecule has 0 aromatic carbocycles. The lowest BCUT2D eigenvalue weighted by molar-refractivity contribution is 0.359. The van der Waals surface area contributed by atoms with E-state index in [4.69, 9.17) is 0 Å². The van der Waals surface area contributed by atoms with Crippen LogP contribution in [0.15, 0.2) is 12.2 Å². The van der Waals surface area contributed by atoms with E-state index in [-0.39, 0.29) is 5.92 Å². The van der Waals surface area contributed by atoms with Crippen molar-refractivity contribution < 1.29 is 8.78 Å². The molecule has 0 aromatic rings. The van der Waals surface area contributed by atoms with Crippen molar-refractivity contribution in [1.82, 2.24) is 0 Å². The van der Waals surface area contributed by atoms with E-state index in [2.05, 4.69) is 0 Å². The summed E-state index contributed by atoms with van der Waals surface area (Å²) < 4.78 is 23.7. The second-order valence-corrected chi connectivity index (χ2v) is 3.80. The number of rotatable bonds is 1. The number of allylic oxidation sites excluding steroid dienone is 1. The van der Waals surface area contributed by atoms with Crippen LogP contribution in [-0.2, 0) is 0 Å². The van der Waals surface area contributed by atoms with Crippen molar-refractivity contribution in [3.63, 3.8) is 0 Å². The maximum atomic E-state index is 11.9. The summed E-state index contributed by atoms with van der Waals surface area (Å²) in [6, 6.07) is 0. The Bertz CT molecular complexity index is 182. The highest BCUT2D eigenvalue weighted by atomic mass is 19.3. The Labute approximate surface area is 65.3 Å². The minimum Gasteiger partial charge on any atom is -0.174 e. The smallest absolute Gasteiger partial charge is 0.174 e. The number of halogens is 2. The molecule has 2 aliphatic rings. The van der Waals surface area contributed by atoms with E-state index in [1.165, 1.54) is 25.3 Å². The number of fused-ring (bicyclic) bond motifs is 2. The Morgan fingerprint density at radius 2 is 2.00 bits per heavy atom. The fourth-order valence-corrected chi connectivity index (χ4v) is 2.66. The lowest BCUT2D eigenvalue weighted by Crippen LogP contribution is -2.07. The van der Waals surface area contributed by atoms with Crippen LogP contribution in [0.25, 0.3) is 0 Å². The van der Waals surface area contributed by atoms with Gasteiger partial charge in [0.15, 0.2) is 0 Å². The minimum absolute atomic E-state index is 0.207. The Morgan fingerprint density at radius 1 is 1.18 bits per heavy atom. The molecular weight excluding hydrogens is 146 g/mol. The van der Waals surface area contributed by atoms with Crippen LogP contribution in [-0.4, -0.2) is 0 Å². The Kier molecular flexibility index (Phi) is 1.70. The number of hydrogen-bond donors (Lipinski definition) is 0. The summed E-state index contributed by atoms with van der Waals surface area (Å²) in [5, 5.41) is 0. The topological polar surface area (TPSA) is 0 Å². The second kappa shape index (κ2) is 2.58. The lowest BCUT2D eigenvalue weighted by Gasteiger charge is -2.16. The van der Waals surface area contributed by atoms with Crippen LogP contribution in [0.2, 0.25) is 0 Å². The molecule has 0 aliphatic heterocycles. The van der Waals surface area contributed by atoms with Crippen molar-refractivity contribution in [2.45, 2.75) is 25.7 Å². The molecule has 62 valence electrons. The van der Waals surface area contributed by atoms with Crippen LogP contribution >= 0.6 is 0 Å². The predicted molar refractivity (Wildman–Crippen MR) is 39.2 cm³/mol. The SMILES string of the molecule is FC(F)=CC1C[C@@H]2CC[C@H]1C2. The third-order valence-electron chi connectivity index (χ3n) is 3.13. The van der Waals surface area contributed by atoms with Crippen molar-refractivity contribution in [2.24, 2.45) is 17.8 Å². The molecule has 1 unspecified atom stereocenters. The Hall–Kier alpha value is -0.400. The van der Waals surface area contributed by atoms with Crippen molar-refractivity contribution in [3.8, 4) is 0 Å². The average Bonchev–Trinajstić information content (AvgIpc) is 2.45. The zero-order valence-electron chi connectivity index (χ0n) is 6.39. The maximum Gasteiger partial charge on any atom is 0.266 e. The Balaban J connectivity index is 2.03. The first kappa shape index (κ1) is 7.26. The number of hydrogen-bond acceptors (Lipinski definition) is 0. The van der Waals surface area contributed by atoms with Gasteiger partial charge >= 0.3 is 0 Å². The minimum atomic E-state index is -1.48. The lowest BCUT2D eigenvalue weighted by atomic mass is 9.89. The molecule has 2 saturated carbocycles. The molecule has 2 bridgehead atoms. The fourth-order valence-electron chi connectivity index (χ4n) is 2.66. The summed E-state index contributed by atoms with van der Waals surface area (Å²) >= 11 is 0. The van der Waals surface area contributed by atoms with Gasteiger partial charge in [0.2, 0.25) is 0 Å². The van der Waals surface area contributed by atoms with Crippen molar-refractivity contribution in [3.05, 3.63) is 12.2 Å². The van der Waals surface area contributed by atoms with Gasteiger partial charge < -0.3 is 0 Å². The summed E-state index contributed by atoms with van der Waals surface area (Å²) in [6.07, 6.45) is 4.37. The van der Waals surface area contributed by atoms with E-state index in [1.807, 2.05) is 0 Å². The van der Waals surface area contributed by atoms with E-state index < -0.39 is 6.08 Å². The van der Waals surface area contributed by atoms with E-state index in [9.17, 15) is 8.78 Å². The molecule has 0 radical (unpaired) electrons. The van der Waals surface area contributed by atoms with Gasteiger partial charge in [-0.15, -0.1) is 0 Å². The first-order valence-electron chi connectivity index (χ1n) is 4.28. The normalized spacial score (nSPS) is 41.1. The molecule has 2 rings (SSSR count). The fraction of sp³-hybridized carbons (Fsp3) is 0.778. The van der Waals surface area contributed by atoms with Crippen LogP contribution in [0, 0.1) is 17.8 Å². The summed E-state index contributed by atoms with van der Waals surface area (Å²) in [4.78, 5) is 0. The van der Waals surface area contributed by atoms with Gasteiger partial charge in [0.25, 0.3) is 6.08 Å². The van der Waals surface area contributed by atoms with E-state index in [0.29, 0.717) is 5.92 Å². The highest BCUT2D eigenvalue weighted by molar-refractivity contribution is 5.00. The zero-order chi connectivity index (χ0) is 7.84. The first-order valence-corrected chi connectivity index (χ1v) is 4.28. The second-order valence-electron chi connectivity index (χ2n) is 3.80. The predicted octanol–water partition coefficient (Wildman–Crippen LogP) is 3.20. The van der Waals surface area contributed by atoms with Gasteiger partial charge in [-0.25, -0.2) is 0 Å². The highest BCUT2D eigenvalue weighted by Gasteiger charge is 2.38. The van der Waals surface area contributed by atoms with Crippen LogP contribution in [0.3, 0.4) is 0 Å². The summed E-state index contributed by atoms with van der Waals surface area (Å²) in [6.45, 7) is 0. The summed E-state index contributed by atoms with van der Waals surface area (Å²) in [5.74, 6) is 1.56. The van der Waals surface area contributed by atoms with E-state index in [1.54, 1.807) is 0 Å². The first-order chi connectivity index (χ1) is 5.25. The standard InChI is InChI=1S/C9H12F2/c10-9(11)5-8-4-6-1-2-7(8)3-6/h5-8H,1-4H2/t6-,7+,8?/m1/s1. The Morgan fingerprint density at radius 3 is 2.45 bits per heavy atom. The molecule has 11 heavy (non-hydrogen) atoms. The van der Waals surface area contributed by atoms with Crippen molar-refractivity contribution >= 4 is 0 Å². The largest absolute Gasteiger partial charge is 0.266 e. The molecule has 0 spiro atoms. The van der Waals surface area contributed by atoms with Crippen molar-refractivity contribution in [1.29, 1.82) is 0 Å². The van der Waals surface area contributed by atoms with Crippen molar-refractivity contribution in [2.75, 3.05) is 0 Å². The molecular formula is C9H12F2. The third-order valence-corrected chi connectivity index (χ3v) is 3.13. The maximum absolute atomic E-state index is 11.9. The molecule has 2 aliphatic carbocycles. The van der Waals surface area contributed by atoms with Crippen LogP contribution in [0.5, 0.6) is 0 Å². The monoisotopic (exact) mass is 158 g/mol.